The largest absolute Gasteiger partial charge is 0.249 e. The molecule has 0 amide bonds. The molecule has 0 radical (unpaired) electrons. The standard InChI is InChI=1S/C86H130N2S6/c1-11-19-25-29-33-35-39-43-48-67(47-41-37-31-27-21-13-3)57-69-55-63(9)89-83(69)77-53-51-75(91-77)76-52-54-78(92-76)84-70(58-68(49-42-38-32-28-22-14-4)50-44-40-36-34-30-26-20-12-2)61-79(93-84)80-62-72-82-81(71-56-64(10)90-85(71)86(72)94-80)87-73(59-65(17-7)45-23-15-5)74(88-82)60-66(18-8)46-24-16-6/h51-56,61-62,65-68H,11-50,57-60H2,1-10H3. The molecule has 1 aromatic carbocycles. The van der Waals surface area contributed by atoms with E-state index >= 15 is 0 Å². The van der Waals surface area contributed by atoms with Crippen LogP contribution < -0.4 is 0 Å². The summed E-state index contributed by atoms with van der Waals surface area (Å²) >= 11 is 12.3. The Morgan fingerprint density at radius 2 is 0.628 bits per heavy atom. The highest BCUT2D eigenvalue weighted by Crippen LogP contribution is 2.51. The molecule has 520 valence electrons. The van der Waals surface area contributed by atoms with Crippen LogP contribution in [0.3, 0.4) is 0 Å². The fourth-order valence-electron chi connectivity index (χ4n) is 15.3. The van der Waals surface area contributed by atoms with Crippen molar-refractivity contribution < 1.29 is 0 Å². The van der Waals surface area contributed by atoms with Crippen LogP contribution in [-0.2, 0) is 25.7 Å². The minimum absolute atomic E-state index is 0.638. The first-order chi connectivity index (χ1) is 46.1. The van der Waals surface area contributed by atoms with Gasteiger partial charge in [-0.25, -0.2) is 9.97 Å². The number of hydrogen-bond acceptors (Lipinski definition) is 8. The number of unbranched alkanes of at least 4 members (excludes halogenated alkanes) is 26. The highest BCUT2D eigenvalue weighted by Gasteiger charge is 2.26. The van der Waals surface area contributed by atoms with Crippen LogP contribution in [0.15, 0.2) is 48.5 Å². The van der Waals surface area contributed by atoms with Crippen molar-refractivity contribution in [1.82, 2.24) is 9.97 Å². The molecule has 4 unspecified atom stereocenters. The molecule has 0 aliphatic rings. The van der Waals surface area contributed by atoms with E-state index < -0.39 is 0 Å². The van der Waals surface area contributed by atoms with Crippen molar-refractivity contribution >= 4 is 99.2 Å². The van der Waals surface area contributed by atoms with Gasteiger partial charge in [-0.1, -0.05) is 312 Å². The lowest BCUT2D eigenvalue weighted by molar-refractivity contribution is 0.401. The average molecular weight is 1380 g/mol. The maximum Gasteiger partial charge on any atom is 0.0984 e. The number of aryl methyl sites for hydroxylation is 2. The van der Waals surface area contributed by atoms with E-state index in [9.17, 15) is 0 Å². The molecular weight excluding hydrogens is 1250 g/mol. The molecule has 8 rings (SSSR count). The van der Waals surface area contributed by atoms with Crippen molar-refractivity contribution in [3.05, 3.63) is 80.8 Å². The maximum absolute atomic E-state index is 5.93. The summed E-state index contributed by atoms with van der Waals surface area (Å²) in [5.74, 6) is 2.78. The quantitative estimate of drug-likeness (QED) is 0.0355. The second-order valence-electron chi connectivity index (χ2n) is 29.3. The molecule has 0 saturated heterocycles. The Morgan fingerprint density at radius 3 is 1.05 bits per heavy atom. The normalized spacial score (nSPS) is 13.4. The minimum atomic E-state index is 0.638. The van der Waals surface area contributed by atoms with E-state index in [-0.39, 0.29) is 0 Å². The third-order valence-corrected chi connectivity index (χ3v) is 28.7. The smallest absolute Gasteiger partial charge is 0.0984 e. The molecular formula is C86H130N2S6. The number of benzene rings is 1. The van der Waals surface area contributed by atoms with Crippen LogP contribution >= 0.6 is 68.0 Å². The average Bonchev–Trinajstić information content (AvgIpc) is 1.53. The van der Waals surface area contributed by atoms with Gasteiger partial charge in [-0.15, -0.1) is 68.0 Å². The SMILES string of the molecule is CCCCCCCCCCC(CCCCCCCC)Cc1cc(C)sc1-c1ccc(-c2ccc(-c3sc(-c4cc5c6nc(CC(CC)CCCC)c(CC(CC)CCCC)nc6c6cc(C)sc6c5s4)cc3CC(CCCCCCCC)CCCCCCCCCC)s2)s1. The topological polar surface area (TPSA) is 25.8 Å². The molecule has 0 spiro atoms. The summed E-state index contributed by atoms with van der Waals surface area (Å²) in [7, 11) is 0. The van der Waals surface area contributed by atoms with E-state index in [2.05, 4.69) is 163 Å². The highest BCUT2D eigenvalue weighted by atomic mass is 32.1. The number of nitrogens with zero attached hydrogens (tertiary/aromatic N) is 2. The first-order valence-corrected chi connectivity index (χ1v) is 44.6. The maximum atomic E-state index is 5.93. The Morgan fingerprint density at radius 1 is 0.287 bits per heavy atom. The molecule has 7 aromatic heterocycles. The zero-order valence-electron chi connectivity index (χ0n) is 61.4. The van der Waals surface area contributed by atoms with Crippen LogP contribution in [0.25, 0.3) is 70.2 Å². The zero-order chi connectivity index (χ0) is 66.3. The molecule has 0 saturated carbocycles. The Labute approximate surface area is 599 Å². The van der Waals surface area contributed by atoms with Gasteiger partial charge in [-0.2, -0.15) is 0 Å². The molecule has 4 atom stereocenters. The molecule has 8 aromatic rings. The number of aromatic nitrogens is 2. The minimum Gasteiger partial charge on any atom is -0.249 e. The molecule has 8 heteroatoms. The Bertz CT molecular complexity index is 3350. The van der Waals surface area contributed by atoms with E-state index in [4.69, 9.17) is 9.97 Å². The highest BCUT2D eigenvalue weighted by molar-refractivity contribution is 7.32. The fraction of sp³-hybridized carbons (Fsp3) is 0.674. The van der Waals surface area contributed by atoms with E-state index in [1.807, 2.05) is 22.7 Å². The number of thiophene rings is 6. The zero-order valence-corrected chi connectivity index (χ0v) is 66.3. The van der Waals surface area contributed by atoms with Crippen molar-refractivity contribution in [2.45, 2.75) is 352 Å². The summed E-state index contributed by atoms with van der Waals surface area (Å²) < 4.78 is 2.82. The molecule has 0 N–H and O–H groups in total. The first-order valence-electron chi connectivity index (χ1n) is 39.7. The van der Waals surface area contributed by atoms with Crippen molar-refractivity contribution in [1.29, 1.82) is 0 Å². The van der Waals surface area contributed by atoms with Gasteiger partial charge in [0.05, 0.1) is 31.8 Å². The first kappa shape index (κ1) is 77.0. The van der Waals surface area contributed by atoms with Gasteiger partial charge in [0.15, 0.2) is 0 Å². The molecule has 0 aliphatic carbocycles. The van der Waals surface area contributed by atoms with Crippen LogP contribution in [0.2, 0.25) is 0 Å². The van der Waals surface area contributed by atoms with E-state index in [0.717, 1.165) is 29.8 Å². The van der Waals surface area contributed by atoms with Gasteiger partial charge >= 0.3 is 0 Å². The summed E-state index contributed by atoms with van der Waals surface area (Å²) in [6.07, 6.45) is 59.0. The third-order valence-electron chi connectivity index (χ3n) is 21.2. The Hall–Kier alpha value is -2.72. The predicted molar refractivity (Wildman–Crippen MR) is 432 cm³/mol. The van der Waals surface area contributed by atoms with E-state index in [1.54, 1.807) is 16.0 Å². The van der Waals surface area contributed by atoms with Gasteiger partial charge < -0.3 is 0 Å². The number of rotatable bonds is 52. The lowest BCUT2D eigenvalue weighted by Gasteiger charge is -2.20. The molecule has 2 nitrogen and oxygen atoms in total. The summed E-state index contributed by atoms with van der Waals surface area (Å²) in [6.45, 7) is 23.5. The number of fused-ring (bicyclic) bond motifs is 6. The van der Waals surface area contributed by atoms with Crippen LogP contribution in [0.5, 0.6) is 0 Å². The monoisotopic (exact) mass is 1380 g/mol. The van der Waals surface area contributed by atoms with Crippen LogP contribution in [0, 0.1) is 37.5 Å². The molecule has 0 fully saturated rings. The molecule has 0 aliphatic heterocycles. The molecule has 0 bridgehead atoms. The van der Waals surface area contributed by atoms with Gasteiger partial charge in [0.2, 0.25) is 0 Å². The van der Waals surface area contributed by atoms with E-state index in [0.29, 0.717) is 17.8 Å². The van der Waals surface area contributed by atoms with Crippen LogP contribution in [0.4, 0.5) is 0 Å². The van der Waals surface area contributed by atoms with Crippen molar-refractivity contribution in [3.63, 3.8) is 0 Å². The Balaban J connectivity index is 1.14. The summed E-state index contributed by atoms with van der Waals surface area (Å²) in [5, 5.41) is 2.64. The van der Waals surface area contributed by atoms with Crippen molar-refractivity contribution in [2.24, 2.45) is 23.7 Å². The van der Waals surface area contributed by atoms with Gasteiger partial charge in [0.25, 0.3) is 0 Å². The summed E-state index contributed by atoms with van der Waals surface area (Å²) in [5.41, 5.74) is 8.07. The van der Waals surface area contributed by atoms with Gasteiger partial charge in [0.1, 0.15) is 0 Å². The van der Waals surface area contributed by atoms with E-state index in [1.165, 1.54) is 345 Å². The lowest BCUT2D eigenvalue weighted by atomic mass is 9.88. The fourth-order valence-corrected chi connectivity index (χ4v) is 22.3. The molecule has 7 heterocycles. The van der Waals surface area contributed by atoms with Crippen molar-refractivity contribution in [3.8, 4) is 39.0 Å². The predicted octanol–water partition coefficient (Wildman–Crippen LogP) is 32.0. The second-order valence-corrected chi connectivity index (χ2v) is 36.1. The van der Waals surface area contributed by atoms with Crippen molar-refractivity contribution in [2.75, 3.05) is 0 Å². The van der Waals surface area contributed by atoms with Gasteiger partial charge in [0, 0.05) is 59.5 Å². The second kappa shape index (κ2) is 43.1. The Kier molecular flexibility index (Phi) is 35.3. The summed E-state index contributed by atoms with van der Waals surface area (Å²) in [4.78, 5) is 26.3. The summed E-state index contributed by atoms with van der Waals surface area (Å²) in [6, 6.07) is 20.2. The lowest BCUT2D eigenvalue weighted by Crippen LogP contribution is -2.13. The molecule has 94 heavy (non-hydrogen) atoms. The van der Waals surface area contributed by atoms with Crippen LogP contribution in [-0.4, -0.2) is 9.97 Å². The van der Waals surface area contributed by atoms with Crippen LogP contribution in [0.1, 0.15) is 344 Å². The number of hydrogen-bond donors (Lipinski definition) is 0. The third kappa shape index (κ3) is 23.7. The van der Waals surface area contributed by atoms with Gasteiger partial charge in [-0.05, 0) is 123 Å². The van der Waals surface area contributed by atoms with Gasteiger partial charge in [-0.3, -0.25) is 0 Å².